The van der Waals surface area contributed by atoms with Crippen LogP contribution >= 0.6 is 18.6 Å². The quantitative estimate of drug-likeness (QED) is 0.253. The van der Waals surface area contributed by atoms with E-state index in [1.807, 2.05) is 29.6 Å². The normalized spacial score (nSPS) is 11.3. The minimum absolute atomic E-state index is 0.243. The average Bonchev–Trinajstić information content (AvgIpc) is 3.22. The van der Waals surface area contributed by atoms with E-state index in [-0.39, 0.29) is 9.92 Å². The van der Waals surface area contributed by atoms with Crippen LogP contribution in [0, 0.1) is 10.1 Å². The standard InChI is InChI=1S/C23H19NO2PS/c25-24(26)23-19(16-17-28-23)18-27(20-10-4-1-5-11-20,21-12-6-2-7-13-21)22-14-8-3-9-15-22/h1-17H,18H2/q+1. The Hall–Kier alpha value is -2.81. The molecule has 1 aromatic heterocycles. The van der Waals surface area contributed by atoms with E-state index >= 15 is 0 Å². The number of nitrogens with zero attached hydrogens (tertiary/aromatic N) is 1. The highest BCUT2D eigenvalue weighted by molar-refractivity contribution is 7.95. The minimum Gasteiger partial charge on any atom is -0.258 e. The third kappa shape index (κ3) is 3.37. The van der Waals surface area contributed by atoms with E-state index in [0.717, 1.165) is 5.56 Å². The van der Waals surface area contributed by atoms with Crippen LogP contribution in [0.1, 0.15) is 5.56 Å². The summed E-state index contributed by atoms with van der Waals surface area (Å²) in [5.41, 5.74) is 0.805. The predicted molar refractivity (Wildman–Crippen MR) is 120 cm³/mol. The van der Waals surface area contributed by atoms with Gasteiger partial charge in [-0.2, -0.15) is 0 Å². The van der Waals surface area contributed by atoms with Crippen LogP contribution < -0.4 is 15.9 Å². The third-order valence-corrected chi connectivity index (χ3v) is 10.1. The van der Waals surface area contributed by atoms with Crippen molar-refractivity contribution in [3.8, 4) is 0 Å². The van der Waals surface area contributed by atoms with Crippen LogP contribution in [0.5, 0.6) is 0 Å². The molecule has 0 aliphatic heterocycles. The predicted octanol–water partition coefficient (Wildman–Crippen LogP) is 5.15. The molecule has 138 valence electrons. The molecule has 0 N–H and O–H groups in total. The lowest BCUT2D eigenvalue weighted by molar-refractivity contribution is -0.380. The first-order chi connectivity index (χ1) is 13.7. The maximum absolute atomic E-state index is 11.6. The topological polar surface area (TPSA) is 43.1 Å². The Morgan fingerprint density at radius 1 is 0.714 bits per heavy atom. The van der Waals surface area contributed by atoms with Gasteiger partial charge in [-0.1, -0.05) is 65.9 Å². The summed E-state index contributed by atoms with van der Waals surface area (Å²) in [6, 6.07) is 33.2. The molecule has 0 saturated carbocycles. The Bertz CT molecular complexity index is 969. The molecule has 3 nitrogen and oxygen atoms in total. The molecule has 0 radical (unpaired) electrons. The summed E-state index contributed by atoms with van der Waals surface area (Å²) < 4.78 is 0. The lowest BCUT2D eigenvalue weighted by Gasteiger charge is -2.27. The molecule has 4 rings (SSSR count). The van der Waals surface area contributed by atoms with E-state index < -0.39 is 7.26 Å². The zero-order valence-electron chi connectivity index (χ0n) is 15.1. The van der Waals surface area contributed by atoms with Crippen LogP contribution in [0.3, 0.4) is 0 Å². The first-order valence-corrected chi connectivity index (χ1v) is 11.8. The summed E-state index contributed by atoms with van der Waals surface area (Å²) >= 11 is 1.20. The van der Waals surface area contributed by atoms with E-state index in [1.165, 1.54) is 27.3 Å². The highest BCUT2D eigenvalue weighted by Crippen LogP contribution is 2.59. The van der Waals surface area contributed by atoms with Crippen LogP contribution in [0.2, 0.25) is 0 Å². The van der Waals surface area contributed by atoms with Crippen molar-refractivity contribution in [1.29, 1.82) is 0 Å². The van der Waals surface area contributed by atoms with Crippen LogP contribution in [0.15, 0.2) is 102 Å². The van der Waals surface area contributed by atoms with E-state index in [2.05, 4.69) is 72.8 Å². The molecule has 28 heavy (non-hydrogen) atoms. The van der Waals surface area contributed by atoms with Gasteiger partial charge in [0.15, 0.2) is 0 Å². The van der Waals surface area contributed by atoms with E-state index in [0.29, 0.717) is 6.16 Å². The van der Waals surface area contributed by atoms with E-state index in [1.54, 1.807) is 0 Å². The number of hydrogen-bond acceptors (Lipinski definition) is 3. The maximum atomic E-state index is 11.6. The number of nitro groups is 1. The third-order valence-electron chi connectivity index (χ3n) is 4.89. The Morgan fingerprint density at radius 2 is 1.14 bits per heavy atom. The molecule has 0 spiro atoms. The Morgan fingerprint density at radius 3 is 1.54 bits per heavy atom. The fourth-order valence-electron chi connectivity index (χ4n) is 3.63. The lowest BCUT2D eigenvalue weighted by atomic mass is 10.3. The Labute approximate surface area is 168 Å². The summed E-state index contributed by atoms with van der Waals surface area (Å²) in [4.78, 5) is 11.4. The van der Waals surface area contributed by atoms with Gasteiger partial charge in [-0.05, 0) is 47.8 Å². The van der Waals surface area contributed by atoms with Crippen molar-refractivity contribution >= 4 is 39.5 Å². The zero-order valence-corrected chi connectivity index (χ0v) is 16.9. The van der Waals surface area contributed by atoms with Gasteiger partial charge in [0.25, 0.3) is 0 Å². The number of hydrogen-bond donors (Lipinski definition) is 0. The summed E-state index contributed by atoms with van der Waals surface area (Å²) in [6.07, 6.45) is 0.630. The van der Waals surface area contributed by atoms with Crippen molar-refractivity contribution in [1.82, 2.24) is 0 Å². The van der Waals surface area contributed by atoms with Crippen LogP contribution in [-0.4, -0.2) is 4.92 Å². The largest absolute Gasteiger partial charge is 0.330 e. The molecular formula is C23H19NO2PS+. The summed E-state index contributed by atoms with van der Waals surface area (Å²) in [5.74, 6) is 0. The molecule has 0 bridgehead atoms. The minimum atomic E-state index is -2.11. The fraction of sp³-hybridized carbons (Fsp3) is 0.0435. The van der Waals surface area contributed by atoms with Gasteiger partial charge < -0.3 is 0 Å². The smallest absolute Gasteiger partial charge is 0.258 e. The second kappa shape index (κ2) is 8.05. The van der Waals surface area contributed by atoms with Crippen molar-refractivity contribution in [2.24, 2.45) is 0 Å². The molecule has 0 atom stereocenters. The van der Waals surface area contributed by atoms with Crippen molar-refractivity contribution in [3.63, 3.8) is 0 Å². The second-order valence-corrected chi connectivity index (χ2v) is 10.9. The maximum Gasteiger partial charge on any atom is 0.330 e. The molecule has 4 aromatic rings. The summed E-state index contributed by atoms with van der Waals surface area (Å²) in [5, 5.41) is 17.4. The average molecular weight is 404 g/mol. The summed E-state index contributed by atoms with van der Waals surface area (Å²) in [7, 11) is -2.11. The van der Waals surface area contributed by atoms with Gasteiger partial charge in [0.2, 0.25) is 0 Å². The van der Waals surface area contributed by atoms with Crippen molar-refractivity contribution in [3.05, 3.63) is 118 Å². The molecular weight excluding hydrogens is 385 g/mol. The van der Waals surface area contributed by atoms with Crippen LogP contribution in [-0.2, 0) is 6.16 Å². The molecule has 0 fully saturated rings. The van der Waals surface area contributed by atoms with Crippen molar-refractivity contribution < 1.29 is 4.92 Å². The van der Waals surface area contributed by atoms with Gasteiger partial charge in [-0.25, -0.2) is 0 Å². The van der Waals surface area contributed by atoms with Gasteiger partial charge in [0.1, 0.15) is 29.3 Å². The van der Waals surface area contributed by atoms with E-state index in [9.17, 15) is 10.1 Å². The monoisotopic (exact) mass is 404 g/mol. The molecule has 1 heterocycles. The van der Waals surface area contributed by atoms with Gasteiger partial charge in [-0.3, -0.25) is 10.1 Å². The molecule has 5 heteroatoms. The molecule has 0 amide bonds. The lowest BCUT2D eigenvalue weighted by Crippen LogP contribution is -2.32. The molecule has 0 aliphatic rings. The van der Waals surface area contributed by atoms with Crippen molar-refractivity contribution in [2.45, 2.75) is 6.16 Å². The fourth-order valence-corrected chi connectivity index (χ4v) is 8.73. The van der Waals surface area contributed by atoms with Gasteiger partial charge in [-0.15, -0.1) is 0 Å². The van der Waals surface area contributed by atoms with E-state index in [4.69, 9.17) is 0 Å². The van der Waals surface area contributed by atoms with Crippen LogP contribution in [0.25, 0.3) is 0 Å². The highest BCUT2D eigenvalue weighted by atomic mass is 32.1. The van der Waals surface area contributed by atoms with Gasteiger partial charge in [0, 0.05) is 0 Å². The number of thiophene rings is 1. The Balaban J connectivity index is 2.01. The van der Waals surface area contributed by atoms with Gasteiger partial charge >= 0.3 is 5.00 Å². The zero-order chi connectivity index (χ0) is 19.4. The summed E-state index contributed by atoms with van der Waals surface area (Å²) in [6.45, 7) is 0. The second-order valence-electron chi connectivity index (χ2n) is 6.48. The molecule has 0 unspecified atom stereocenters. The number of benzene rings is 3. The van der Waals surface area contributed by atoms with Crippen molar-refractivity contribution in [2.75, 3.05) is 0 Å². The van der Waals surface area contributed by atoms with Crippen LogP contribution in [0.4, 0.5) is 5.00 Å². The first-order valence-electron chi connectivity index (χ1n) is 8.97. The Kier molecular flexibility index (Phi) is 5.34. The SMILES string of the molecule is O=[N+]([O-])c1sccc1C[P+](c1ccccc1)(c1ccccc1)c1ccccc1. The highest BCUT2D eigenvalue weighted by Gasteiger charge is 2.46. The number of rotatable bonds is 6. The molecule has 0 saturated heterocycles. The van der Waals surface area contributed by atoms with Gasteiger partial charge in [0.05, 0.1) is 10.5 Å². The molecule has 3 aromatic carbocycles. The first kappa shape index (κ1) is 18.5. The molecule has 0 aliphatic carbocycles.